The average Bonchev–Trinajstić information content (AvgIpc) is 2.46. The van der Waals surface area contributed by atoms with Gasteiger partial charge in [0.2, 0.25) is 5.91 Å². The lowest BCUT2D eigenvalue weighted by molar-refractivity contribution is -0.121. The highest BCUT2D eigenvalue weighted by Gasteiger charge is 2.11. The number of amides is 1. The van der Waals surface area contributed by atoms with Gasteiger partial charge in [-0.05, 0) is 36.6 Å². The van der Waals surface area contributed by atoms with Gasteiger partial charge in [-0.15, -0.1) is 0 Å². The minimum absolute atomic E-state index is 0.00743. The summed E-state index contributed by atoms with van der Waals surface area (Å²) in [5, 5.41) is 3.02. The van der Waals surface area contributed by atoms with Gasteiger partial charge in [-0.2, -0.15) is 0 Å². The minimum Gasteiger partial charge on any atom is -0.350 e. The van der Waals surface area contributed by atoms with Crippen LogP contribution in [0.5, 0.6) is 0 Å². The number of nitrogens with one attached hydrogen (secondary N) is 1. The summed E-state index contributed by atoms with van der Waals surface area (Å²) in [6.07, 6.45) is 4.71. The first kappa shape index (κ1) is 14.7. The minimum atomic E-state index is -0.00743. The first-order valence-electron chi connectivity index (χ1n) is 6.59. The maximum atomic E-state index is 12.0. The van der Waals surface area contributed by atoms with Crippen LogP contribution >= 0.6 is 15.9 Å². The Morgan fingerprint density at radius 2 is 2.10 bits per heavy atom. The van der Waals surface area contributed by atoms with Crippen LogP contribution in [0.15, 0.2) is 53.3 Å². The van der Waals surface area contributed by atoms with Crippen molar-refractivity contribution >= 4 is 21.8 Å². The van der Waals surface area contributed by atoms with Gasteiger partial charge in [0, 0.05) is 23.3 Å². The van der Waals surface area contributed by atoms with Crippen molar-refractivity contribution in [3.8, 4) is 0 Å². The summed E-state index contributed by atoms with van der Waals surface area (Å²) in [7, 11) is 0. The topological polar surface area (TPSA) is 42.0 Å². The zero-order chi connectivity index (χ0) is 14.4. The van der Waals surface area contributed by atoms with Gasteiger partial charge in [-0.25, -0.2) is 0 Å². The molecule has 0 aliphatic carbocycles. The van der Waals surface area contributed by atoms with Crippen molar-refractivity contribution in [1.29, 1.82) is 0 Å². The van der Waals surface area contributed by atoms with Crippen LogP contribution < -0.4 is 5.32 Å². The molecule has 104 valence electrons. The molecule has 1 amide bonds. The normalized spacial score (nSPS) is 11.9. The van der Waals surface area contributed by atoms with Crippen molar-refractivity contribution in [2.24, 2.45) is 0 Å². The highest BCUT2D eigenvalue weighted by Crippen LogP contribution is 2.22. The molecule has 1 aromatic carbocycles. The van der Waals surface area contributed by atoms with Gasteiger partial charge in [0.15, 0.2) is 0 Å². The summed E-state index contributed by atoms with van der Waals surface area (Å²) in [5.74, 6) is 0.0529. The fourth-order valence-corrected chi connectivity index (χ4v) is 2.65. The molecule has 0 radical (unpaired) electrons. The van der Waals surface area contributed by atoms with E-state index in [2.05, 4.69) is 26.2 Å². The molecule has 0 unspecified atom stereocenters. The van der Waals surface area contributed by atoms with Crippen LogP contribution in [0.1, 0.15) is 30.5 Å². The van der Waals surface area contributed by atoms with E-state index in [1.165, 1.54) is 0 Å². The first-order valence-corrected chi connectivity index (χ1v) is 7.39. The molecular formula is C16H17BrN2O. The van der Waals surface area contributed by atoms with E-state index < -0.39 is 0 Å². The van der Waals surface area contributed by atoms with E-state index in [-0.39, 0.29) is 11.9 Å². The lowest BCUT2D eigenvalue weighted by Gasteiger charge is -2.15. The molecule has 1 atom stereocenters. The number of nitrogens with zero attached hydrogens (tertiary/aromatic N) is 1. The molecule has 1 N–H and O–H groups in total. The van der Waals surface area contributed by atoms with E-state index in [9.17, 15) is 4.79 Å². The van der Waals surface area contributed by atoms with Crippen molar-refractivity contribution in [3.05, 3.63) is 64.4 Å². The Bertz CT molecular complexity index is 572. The lowest BCUT2D eigenvalue weighted by Crippen LogP contribution is -2.27. The monoisotopic (exact) mass is 332 g/mol. The summed E-state index contributed by atoms with van der Waals surface area (Å²) in [6.45, 7) is 1.99. The van der Waals surface area contributed by atoms with Crippen molar-refractivity contribution in [1.82, 2.24) is 10.3 Å². The molecule has 20 heavy (non-hydrogen) atoms. The summed E-state index contributed by atoms with van der Waals surface area (Å²) < 4.78 is 1.01. The number of aryl methyl sites for hydroxylation is 1. The summed E-state index contributed by atoms with van der Waals surface area (Å²) in [4.78, 5) is 16.0. The quantitative estimate of drug-likeness (QED) is 0.907. The molecule has 2 aromatic rings. The highest BCUT2D eigenvalue weighted by atomic mass is 79.9. The Balaban J connectivity index is 1.87. The number of aromatic nitrogens is 1. The zero-order valence-electron chi connectivity index (χ0n) is 11.3. The molecule has 0 fully saturated rings. The number of carbonyl (C=O) groups is 1. The second kappa shape index (κ2) is 7.20. The number of halogens is 1. The molecule has 0 aliphatic heterocycles. The van der Waals surface area contributed by atoms with Crippen molar-refractivity contribution in [2.45, 2.75) is 25.8 Å². The van der Waals surface area contributed by atoms with Crippen molar-refractivity contribution in [2.75, 3.05) is 0 Å². The van der Waals surface area contributed by atoms with E-state index >= 15 is 0 Å². The van der Waals surface area contributed by atoms with Gasteiger partial charge >= 0.3 is 0 Å². The molecule has 4 heteroatoms. The highest BCUT2D eigenvalue weighted by molar-refractivity contribution is 9.10. The Hall–Kier alpha value is -1.68. The van der Waals surface area contributed by atoms with Crippen LogP contribution in [-0.4, -0.2) is 10.9 Å². The standard InChI is InChI=1S/C16H17BrN2O/c1-12(14-6-2-3-7-15(14)17)19-16(20)9-8-13-5-4-10-18-11-13/h2-7,10-12H,8-9H2,1H3,(H,19,20)/t12-/m0/s1. The lowest BCUT2D eigenvalue weighted by atomic mass is 10.1. The maximum absolute atomic E-state index is 12.0. The van der Waals surface area contributed by atoms with E-state index in [1.807, 2.05) is 43.3 Å². The predicted octanol–water partition coefficient (Wildman–Crippen LogP) is 3.65. The van der Waals surface area contributed by atoms with Crippen LogP contribution in [0, 0.1) is 0 Å². The molecule has 1 aromatic heterocycles. The SMILES string of the molecule is C[C@H](NC(=O)CCc1cccnc1)c1ccccc1Br. The van der Waals surface area contributed by atoms with E-state index in [1.54, 1.807) is 12.4 Å². The smallest absolute Gasteiger partial charge is 0.220 e. The number of rotatable bonds is 5. The Kier molecular flexibility index (Phi) is 5.30. The third-order valence-corrected chi connectivity index (χ3v) is 3.83. The first-order chi connectivity index (χ1) is 9.66. The van der Waals surface area contributed by atoms with E-state index in [0.29, 0.717) is 12.8 Å². The molecule has 0 spiro atoms. The van der Waals surface area contributed by atoms with Gasteiger partial charge < -0.3 is 5.32 Å². The second-order valence-electron chi connectivity index (χ2n) is 4.67. The molecule has 3 nitrogen and oxygen atoms in total. The van der Waals surface area contributed by atoms with Gasteiger partial charge in [0.25, 0.3) is 0 Å². The Morgan fingerprint density at radius 3 is 2.80 bits per heavy atom. The molecule has 2 rings (SSSR count). The van der Waals surface area contributed by atoms with Crippen LogP contribution in [0.3, 0.4) is 0 Å². The van der Waals surface area contributed by atoms with Gasteiger partial charge in [0.05, 0.1) is 6.04 Å². The Morgan fingerprint density at radius 1 is 1.30 bits per heavy atom. The maximum Gasteiger partial charge on any atom is 0.220 e. The molecule has 0 aliphatic rings. The molecular weight excluding hydrogens is 316 g/mol. The molecule has 0 saturated carbocycles. The van der Waals surface area contributed by atoms with Gasteiger partial charge in [0.1, 0.15) is 0 Å². The van der Waals surface area contributed by atoms with Crippen LogP contribution in [0.4, 0.5) is 0 Å². The Labute approximate surface area is 127 Å². The van der Waals surface area contributed by atoms with Crippen LogP contribution in [0.2, 0.25) is 0 Å². The third kappa shape index (κ3) is 4.17. The molecule has 0 saturated heterocycles. The number of hydrogen-bond acceptors (Lipinski definition) is 2. The number of carbonyl (C=O) groups excluding carboxylic acids is 1. The largest absolute Gasteiger partial charge is 0.350 e. The van der Waals surface area contributed by atoms with Crippen molar-refractivity contribution < 1.29 is 4.79 Å². The van der Waals surface area contributed by atoms with Crippen LogP contribution in [0.25, 0.3) is 0 Å². The fourth-order valence-electron chi connectivity index (χ4n) is 2.02. The van der Waals surface area contributed by atoms with E-state index in [4.69, 9.17) is 0 Å². The average molecular weight is 333 g/mol. The summed E-state index contributed by atoms with van der Waals surface area (Å²) in [5.41, 5.74) is 2.17. The van der Waals surface area contributed by atoms with E-state index in [0.717, 1.165) is 15.6 Å². The predicted molar refractivity (Wildman–Crippen MR) is 83.3 cm³/mol. The number of benzene rings is 1. The van der Waals surface area contributed by atoms with Crippen LogP contribution in [-0.2, 0) is 11.2 Å². The van der Waals surface area contributed by atoms with Gasteiger partial charge in [-0.1, -0.05) is 40.2 Å². The van der Waals surface area contributed by atoms with Crippen molar-refractivity contribution in [3.63, 3.8) is 0 Å². The molecule has 1 heterocycles. The zero-order valence-corrected chi connectivity index (χ0v) is 12.9. The summed E-state index contributed by atoms with van der Waals surface area (Å²) >= 11 is 3.50. The summed E-state index contributed by atoms with van der Waals surface area (Å²) in [6, 6.07) is 11.8. The number of hydrogen-bond donors (Lipinski definition) is 1. The van der Waals surface area contributed by atoms with Gasteiger partial charge in [-0.3, -0.25) is 9.78 Å². The third-order valence-electron chi connectivity index (χ3n) is 3.11. The second-order valence-corrected chi connectivity index (χ2v) is 5.53. The number of pyridine rings is 1. The fraction of sp³-hybridized carbons (Fsp3) is 0.250. The molecule has 0 bridgehead atoms.